The molecule has 0 bridgehead atoms. The summed E-state index contributed by atoms with van der Waals surface area (Å²) < 4.78 is 52.3. The molecule has 1 aliphatic carbocycles. The Hall–Kier alpha value is -1.38. The Morgan fingerprint density at radius 3 is 2.57 bits per heavy atom. The molecule has 23 heavy (non-hydrogen) atoms. The van der Waals surface area contributed by atoms with E-state index >= 15 is 0 Å². The Balaban J connectivity index is 1.99. The number of hydrogen-bond acceptors (Lipinski definition) is 5. The standard InChI is InChI=1S/C15H19NO5S2/c1-10-4-2-3-5-13(10)15-8-11-6-7-12(21-23(16,19)20)9-14(11)22(15,17)18/h6-10,13H,2-5H2,1H3,(H2,16,19,20). The van der Waals surface area contributed by atoms with Crippen molar-refractivity contribution < 1.29 is 21.0 Å². The Bertz CT molecular complexity index is 871. The molecular weight excluding hydrogens is 338 g/mol. The topological polar surface area (TPSA) is 104 Å². The summed E-state index contributed by atoms with van der Waals surface area (Å²) in [5.41, 5.74) is 0.569. The summed E-state index contributed by atoms with van der Waals surface area (Å²) in [7, 11) is -7.80. The third-order valence-electron chi connectivity index (χ3n) is 4.57. The minimum Gasteiger partial charge on any atom is -0.371 e. The quantitative estimate of drug-likeness (QED) is 0.893. The van der Waals surface area contributed by atoms with Crippen LogP contribution in [0.15, 0.2) is 28.0 Å². The van der Waals surface area contributed by atoms with Crippen LogP contribution in [0.25, 0.3) is 6.08 Å². The van der Waals surface area contributed by atoms with E-state index < -0.39 is 20.1 Å². The van der Waals surface area contributed by atoms with Crippen molar-refractivity contribution in [2.45, 2.75) is 37.5 Å². The van der Waals surface area contributed by atoms with Gasteiger partial charge in [0.25, 0.3) is 0 Å². The van der Waals surface area contributed by atoms with Crippen LogP contribution in [0, 0.1) is 11.8 Å². The summed E-state index contributed by atoms with van der Waals surface area (Å²) in [6.45, 7) is 2.08. The fourth-order valence-electron chi connectivity index (χ4n) is 3.46. The summed E-state index contributed by atoms with van der Waals surface area (Å²) in [6, 6.07) is 4.18. The van der Waals surface area contributed by atoms with Crippen molar-refractivity contribution in [3.05, 3.63) is 28.7 Å². The molecular formula is C15H19NO5S2. The van der Waals surface area contributed by atoms with E-state index in [1.807, 2.05) is 0 Å². The van der Waals surface area contributed by atoms with E-state index in [1.165, 1.54) is 12.1 Å². The maximum Gasteiger partial charge on any atom is 0.380 e. The Morgan fingerprint density at radius 2 is 1.91 bits per heavy atom. The molecule has 1 heterocycles. The van der Waals surface area contributed by atoms with Gasteiger partial charge in [0, 0.05) is 6.07 Å². The lowest BCUT2D eigenvalue weighted by atomic mass is 9.80. The van der Waals surface area contributed by atoms with E-state index in [2.05, 4.69) is 11.1 Å². The van der Waals surface area contributed by atoms with Gasteiger partial charge in [0.2, 0.25) is 9.84 Å². The van der Waals surface area contributed by atoms with Gasteiger partial charge in [-0.05, 0) is 42.0 Å². The van der Waals surface area contributed by atoms with Crippen LogP contribution in [0.5, 0.6) is 5.75 Å². The highest BCUT2D eigenvalue weighted by molar-refractivity contribution is 7.95. The molecule has 1 aromatic rings. The first-order chi connectivity index (χ1) is 10.7. The minimum atomic E-state index is -4.19. The average molecular weight is 357 g/mol. The smallest absolute Gasteiger partial charge is 0.371 e. The fourth-order valence-corrected chi connectivity index (χ4v) is 5.82. The molecule has 0 amide bonds. The predicted molar refractivity (Wildman–Crippen MR) is 86.5 cm³/mol. The van der Waals surface area contributed by atoms with Crippen molar-refractivity contribution in [1.82, 2.24) is 0 Å². The van der Waals surface area contributed by atoms with Gasteiger partial charge in [0.05, 0.1) is 9.80 Å². The SMILES string of the molecule is CC1CCCCC1C1=Cc2ccc(OS(N)(=O)=O)cc2S1(=O)=O. The molecule has 8 heteroatoms. The van der Waals surface area contributed by atoms with Crippen molar-refractivity contribution in [2.75, 3.05) is 0 Å². The van der Waals surface area contributed by atoms with Gasteiger partial charge in [0.1, 0.15) is 5.75 Å². The van der Waals surface area contributed by atoms with Gasteiger partial charge in [0.15, 0.2) is 0 Å². The first kappa shape index (κ1) is 16.5. The minimum absolute atomic E-state index is 0.0174. The van der Waals surface area contributed by atoms with Crippen LogP contribution >= 0.6 is 0 Å². The van der Waals surface area contributed by atoms with E-state index in [0.717, 1.165) is 25.7 Å². The maximum absolute atomic E-state index is 12.8. The van der Waals surface area contributed by atoms with Crippen molar-refractivity contribution in [3.8, 4) is 5.75 Å². The second kappa shape index (κ2) is 5.61. The van der Waals surface area contributed by atoms with Crippen molar-refractivity contribution in [1.29, 1.82) is 0 Å². The summed E-state index contributed by atoms with van der Waals surface area (Å²) in [5, 5.41) is 4.83. The van der Waals surface area contributed by atoms with Gasteiger partial charge in [-0.2, -0.15) is 13.6 Å². The highest BCUT2D eigenvalue weighted by Gasteiger charge is 2.38. The van der Waals surface area contributed by atoms with Crippen molar-refractivity contribution in [2.24, 2.45) is 17.0 Å². The first-order valence-corrected chi connectivity index (χ1v) is 10.5. The lowest BCUT2D eigenvalue weighted by Gasteiger charge is -2.29. The van der Waals surface area contributed by atoms with Gasteiger partial charge in [-0.1, -0.05) is 26.2 Å². The normalized spacial score (nSPS) is 26.4. The van der Waals surface area contributed by atoms with Gasteiger partial charge in [-0.25, -0.2) is 8.42 Å². The number of benzene rings is 1. The largest absolute Gasteiger partial charge is 0.380 e. The van der Waals surface area contributed by atoms with E-state index in [4.69, 9.17) is 5.14 Å². The first-order valence-electron chi connectivity index (χ1n) is 7.51. The van der Waals surface area contributed by atoms with Crippen LogP contribution in [-0.2, 0) is 20.1 Å². The molecule has 0 radical (unpaired) electrons. The third-order valence-corrected chi connectivity index (χ3v) is 6.97. The third kappa shape index (κ3) is 3.15. The molecule has 2 aliphatic rings. The summed E-state index contributed by atoms with van der Waals surface area (Å²) >= 11 is 0. The molecule has 126 valence electrons. The molecule has 0 saturated heterocycles. The maximum atomic E-state index is 12.8. The number of rotatable bonds is 3. The zero-order chi connectivity index (χ0) is 16.8. The van der Waals surface area contributed by atoms with Crippen LogP contribution in [0.2, 0.25) is 0 Å². The van der Waals surface area contributed by atoms with Crippen LogP contribution in [0.3, 0.4) is 0 Å². The number of allylic oxidation sites excluding steroid dienone is 1. The second-order valence-electron chi connectivity index (χ2n) is 6.19. The molecule has 0 spiro atoms. The van der Waals surface area contributed by atoms with Crippen LogP contribution in [0.4, 0.5) is 0 Å². The molecule has 0 aromatic heterocycles. The monoisotopic (exact) mass is 357 g/mol. The second-order valence-corrected chi connectivity index (χ2v) is 9.26. The number of fused-ring (bicyclic) bond motifs is 1. The molecule has 1 aliphatic heterocycles. The zero-order valence-electron chi connectivity index (χ0n) is 12.7. The van der Waals surface area contributed by atoms with Crippen molar-refractivity contribution >= 4 is 26.2 Å². The van der Waals surface area contributed by atoms with Gasteiger partial charge < -0.3 is 4.18 Å². The summed E-state index contributed by atoms with van der Waals surface area (Å²) in [6.07, 6.45) is 5.74. The Labute approximate surface area is 136 Å². The van der Waals surface area contributed by atoms with Crippen molar-refractivity contribution in [3.63, 3.8) is 0 Å². The summed E-state index contributed by atoms with van der Waals surface area (Å²) in [5.74, 6) is 0.240. The van der Waals surface area contributed by atoms with Crippen LogP contribution in [0.1, 0.15) is 38.2 Å². The number of sulfone groups is 1. The molecule has 1 fully saturated rings. The number of nitrogens with two attached hydrogens (primary N) is 1. The molecule has 6 nitrogen and oxygen atoms in total. The Morgan fingerprint density at radius 1 is 1.22 bits per heavy atom. The highest BCUT2D eigenvalue weighted by Crippen LogP contribution is 2.45. The molecule has 1 saturated carbocycles. The van der Waals surface area contributed by atoms with Gasteiger partial charge >= 0.3 is 10.3 Å². The fraction of sp³-hybridized carbons (Fsp3) is 0.467. The van der Waals surface area contributed by atoms with E-state index in [9.17, 15) is 16.8 Å². The Kier molecular flexibility index (Phi) is 4.02. The van der Waals surface area contributed by atoms with Crippen LogP contribution in [-0.4, -0.2) is 16.8 Å². The molecule has 2 unspecified atom stereocenters. The zero-order valence-corrected chi connectivity index (χ0v) is 14.4. The summed E-state index contributed by atoms with van der Waals surface area (Å²) in [4.78, 5) is 0.527. The van der Waals surface area contributed by atoms with Crippen LogP contribution < -0.4 is 9.32 Å². The lowest BCUT2D eigenvalue weighted by Crippen LogP contribution is -2.22. The van der Waals surface area contributed by atoms with Gasteiger partial charge in [-0.15, -0.1) is 0 Å². The number of hydrogen-bond donors (Lipinski definition) is 1. The lowest BCUT2D eigenvalue weighted by molar-refractivity contribution is 0.302. The predicted octanol–water partition coefficient (Wildman–Crippen LogP) is 2.22. The average Bonchev–Trinajstić information content (AvgIpc) is 2.69. The molecule has 2 atom stereocenters. The van der Waals surface area contributed by atoms with E-state index in [0.29, 0.717) is 16.4 Å². The van der Waals surface area contributed by atoms with E-state index in [1.54, 1.807) is 12.1 Å². The molecule has 1 aromatic carbocycles. The molecule has 3 rings (SSSR count). The van der Waals surface area contributed by atoms with Gasteiger partial charge in [-0.3, -0.25) is 0 Å². The highest BCUT2D eigenvalue weighted by atomic mass is 32.2. The molecule has 2 N–H and O–H groups in total. The van der Waals surface area contributed by atoms with E-state index in [-0.39, 0.29) is 16.6 Å².